The van der Waals surface area contributed by atoms with Crippen molar-refractivity contribution >= 4 is 13.8 Å². The summed E-state index contributed by atoms with van der Waals surface area (Å²) in [7, 11) is 1.65. The minimum Gasteiger partial charge on any atom is -0.457 e. The van der Waals surface area contributed by atoms with Gasteiger partial charge in [-0.25, -0.2) is 4.57 Å². The van der Waals surface area contributed by atoms with E-state index >= 15 is 0 Å². The van der Waals surface area contributed by atoms with Crippen LogP contribution >= 0.6 is 7.82 Å². The molecule has 8 nitrogen and oxygen atoms in total. The zero-order valence-corrected chi connectivity index (χ0v) is 39.0. The Bertz CT molecular complexity index is 1010. The minimum absolute atomic E-state index is 0.0823. The van der Waals surface area contributed by atoms with E-state index in [1.165, 1.54) is 141 Å². The molecule has 0 aliphatic carbocycles. The highest BCUT2D eigenvalue weighted by atomic mass is 31.2. The number of ether oxygens (including phenoxy) is 2. The van der Waals surface area contributed by atoms with E-state index in [2.05, 4.69) is 50.3 Å². The number of carbonyl (C=O) groups is 1. The Morgan fingerprint density at radius 1 is 0.544 bits per heavy atom. The summed E-state index contributed by atoms with van der Waals surface area (Å²) in [5, 5.41) is 0. The Morgan fingerprint density at radius 3 is 1.44 bits per heavy atom. The SMILES string of the molecule is CCCCC/C=C\C/C=C\C/C=C\CCCCC(=O)O[C@H](COCCCCCCCCCCCCCCCCCCCCCC)COP(=O)(O)OCC[N+](C)(C)C. The summed E-state index contributed by atoms with van der Waals surface area (Å²) >= 11 is 0. The van der Waals surface area contributed by atoms with Gasteiger partial charge in [0.25, 0.3) is 0 Å². The smallest absolute Gasteiger partial charge is 0.457 e. The highest BCUT2D eigenvalue weighted by molar-refractivity contribution is 7.47. The number of phosphoric ester groups is 1. The second kappa shape index (κ2) is 41.5. The van der Waals surface area contributed by atoms with Crippen molar-refractivity contribution in [3.63, 3.8) is 0 Å². The molecule has 0 aliphatic heterocycles. The number of likely N-dealkylation sites (N-methyl/N-ethyl adjacent to an activating group) is 1. The highest BCUT2D eigenvalue weighted by Gasteiger charge is 2.26. The molecule has 0 amide bonds. The first-order valence-corrected chi connectivity index (χ1v) is 25.2. The number of allylic oxidation sites excluding steroid dienone is 6. The van der Waals surface area contributed by atoms with Crippen molar-refractivity contribution in [1.29, 1.82) is 0 Å². The minimum atomic E-state index is -4.28. The van der Waals surface area contributed by atoms with Crippen LogP contribution in [0, 0.1) is 0 Å². The number of hydrogen-bond donors (Lipinski definition) is 1. The number of hydrogen-bond acceptors (Lipinski definition) is 6. The van der Waals surface area contributed by atoms with E-state index in [4.69, 9.17) is 18.5 Å². The molecule has 9 heteroatoms. The molecule has 1 N–H and O–H groups in total. The van der Waals surface area contributed by atoms with Gasteiger partial charge in [-0.05, 0) is 51.4 Å². The summed E-state index contributed by atoms with van der Waals surface area (Å²) < 4.78 is 35.0. The van der Waals surface area contributed by atoms with Crippen LogP contribution in [-0.4, -0.2) is 75.6 Å². The third-order valence-electron chi connectivity index (χ3n) is 10.2. The molecule has 0 spiro atoms. The number of carbonyl (C=O) groups excluding carboxylic acids is 1. The van der Waals surface area contributed by atoms with Crippen molar-refractivity contribution < 1.29 is 37.3 Å². The first kappa shape index (κ1) is 55.7. The van der Waals surface area contributed by atoms with Crippen LogP contribution < -0.4 is 0 Å². The molecular weight excluding hydrogens is 734 g/mol. The van der Waals surface area contributed by atoms with Gasteiger partial charge in [-0.15, -0.1) is 0 Å². The Balaban J connectivity index is 4.20. The van der Waals surface area contributed by atoms with Crippen LogP contribution in [0.4, 0.5) is 0 Å². The van der Waals surface area contributed by atoms with Gasteiger partial charge in [0.1, 0.15) is 19.3 Å². The number of esters is 1. The van der Waals surface area contributed by atoms with E-state index in [0.717, 1.165) is 38.5 Å². The summed E-state index contributed by atoms with van der Waals surface area (Å²) in [6.45, 7) is 5.57. The molecule has 57 heavy (non-hydrogen) atoms. The quantitative estimate of drug-likeness (QED) is 0.0215. The predicted octanol–water partition coefficient (Wildman–Crippen LogP) is 14.2. The van der Waals surface area contributed by atoms with Crippen molar-refractivity contribution in [2.75, 3.05) is 54.1 Å². The molecule has 336 valence electrons. The topological polar surface area (TPSA) is 91.3 Å². The molecule has 0 heterocycles. The van der Waals surface area contributed by atoms with E-state index < -0.39 is 13.9 Å². The fourth-order valence-electron chi connectivity index (χ4n) is 6.50. The average molecular weight is 827 g/mol. The van der Waals surface area contributed by atoms with Crippen molar-refractivity contribution in [2.24, 2.45) is 0 Å². The predicted molar refractivity (Wildman–Crippen MR) is 243 cm³/mol. The standard InChI is InChI=1S/C48H92NO7P/c1-6-8-10-12-14-16-18-20-22-23-24-25-26-28-30-32-34-36-38-40-43-53-45-47(46-55-57(51,52)54-44-42-49(3,4)5)56-48(50)41-39-37-35-33-31-29-27-21-19-17-15-13-11-9-7-2/h15,17,21,27,31,33,47H,6-14,16,18-20,22-26,28-30,32,34-46H2,1-5H3/p+1/b17-15-,27-21-,33-31-/t47-/m1/s1. The Labute approximate surface area is 353 Å². The first-order chi connectivity index (χ1) is 27.6. The lowest BCUT2D eigenvalue weighted by Crippen LogP contribution is -2.37. The molecule has 1 unspecified atom stereocenters. The third-order valence-corrected chi connectivity index (χ3v) is 11.2. The maximum Gasteiger partial charge on any atom is 0.472 e. The molecule has 0 aromatic heterocycles. The maximum absolute atomic E-state index is 12.7. The lowest BCUT2D eigenvalue weighted by atomic mass is 10.0. The molecule has 0 rings (SSSR count). The first-order valence-electron chi connectivity index (χ1n) is 23.7. The second-order valence-corrected chi connectivity index (χ2v) is 18.6. The largest absolute Gasteiger partial charge is 0.472 e. The normalized spacial score (nSPS) is 14.0. The Hall–Kier alpha value is -1.28. The monoisotopic (exact) mass is 827 g/mol. The Kier molecular flexibility index (Phi) is 40.5. The summed E-state index contributed by atoms with van der Waals surface area (Å²) in [5.41, 5.74) is 0. The van der Waals surface area contributed by atoms with Gasteiger partial charge in [0.2, 0.25) is 0 Å². The fraction of sp³-hybridized carbons (Fsp3) is 0.854. The van der Waals surface area contributed by atoms with Gasteiger partial charge in [-0.3, -0.25) is 13.8 Å². The molecule has 0 saturated carbocycles. The van der Waals surface area contributed by atoms with Gasteiger partial charge in [-0.1, -0.05) is 185 Å². The summed E-state index contributed by atoms with van der Waals surface area (Å²) in [6.07, 6.45) is 49.0. The van der Waals surface area contributed by atoms with Gasteiger partial charge in [0, 0.05) is 13.0 Å². The molecular formula is C48H93NO7P+. The molecule has 2 atom stereocenters. The molecule has 0 saturated heterocycles. The van der Waals surface area contributed by atoms with E-state index in [0.29, 0.717) is 24.1 Å². The van der Waals surface area contributed by atoms with Gasteiger partial charge in [0.15, 0.2) is 0 Å². The molecule has 0 aromatic carbocycles. The number of phosphoric acid groups is 1. The lowest BCUT2D eigenvalue weighted by Gasteiger charge is -2.24. The van der Waals surface area contributed by atoms with Crippen LogP contribution in [0.15, 0.2) is 36.5 Å². The van der Waals surface area contributed by atoms with E-state index in [-0.39, 0.29) is 32.2 Å². The number of quaternary nitrogens is 1. The van der Waals surface area contributed by atoms with Crippen molar-refractivity contribution in [3.05, 3.63) is 36.5 Å². The number of nitrogens with zero attached hydrogens (tertiary/aromatic N) is 1. The van der Waals surface area contributed by atoms with Gasteiger partial charge >= 0.3 is 13.8 Å². The van der Waals surface area contributed by atoms with Crippen LogP contribution in [0.25, 0.3) is 0 Å². The molecule has 0 fully saturated rings. The van der Waals surface area contributed by atoms with Gasteiger partial charge in [0.05, 0.1) is 34.4 Å². The molecule has 0 bridgehead atoms. The number of unbranched alkanes of at least 4 members (excludes halogenated alkanes) is 24. The lowest BCUT2D eigenvalue weighted by molar-refractivity contribution is -0.870. The van der Waals surface area contributed by atoms with Crippen LogP contribution in [0.5, 0.6) is 0 Å². The fourth-order valence-corrected chi connectivity index (χ4v) is 7.24. The highest BCUT2D eigenvalue weighted by Crippen LogP contribution is 2.43. The van der Waals surface area contributed by atoms with E-state index in [9.17, 15) is 14.3 Å². The average Bonchev–Trinajstić information content (AvgIpc) is 3.16. The molecule has 0 aliphatic rings. The van der Waals surface area contributed by atoms with E-state index in [1.54, 1.807) is 0 Å². The van der Waals surface area contributed by atoms with Crippen molar-refractivity contribution in [3.8, 4) is 0 Å². The molecule has 0 aromatic rings. The van der Waals surface area contributed by atoms with Gasteiger partial charge in [-0.2, -0.15) is 0 Å². The van der Waals surface area contributed by atoms with Crippen LogP contribution in [0.2, 0.25) is 0 Å². The van der Waals surface area contributed by atoms with Crippen LogP contribution in [0.1, 0.15) is 206 Å². The van der Waals surface area contributed by atoms with Gasteiger partial charge < -0.3 is 18.9 Å². The zero-order valence-electron chi connectivity index (χ0n) is 38.1. The maximum atomic E-state index is 12.7. The summed E-state index contributed by atoms with van der Waals surface area (Å²) in [5.74, 6) is -0.348. The number of rotatable bonds is 44. The summed E-state index contributed by atoms with van der Waals surface area (Å²) in [4.78, 5) is 22.9. The molecule has 0 radical (unpaired) electrons. The van der Waals surface area contributed by atoms with Crippen LogP contribution in [-0.2, 0) is 27.9 Å². The Morgan fingerprint density at radius 2 is 0.965 bits per heavy atom. The summed E-state index contributed by atoms with van der Waals surface area (Å²) in [6, 6.07) is 0. The van der Waals surface area contributed by atoms with E-state index in [1.807, 2.05) is 21.1 Å². The van der Waals surface area contributed by atoms with Crippen molar-refractivity contribution in [2.45, 2.75) is 213 Å². The van der Waals surface area contributed by atoms with Crippen molar-refractivity contribution in [1.82, 2.24) is 0 Å². The van der Waals surface area contributed by atoms with Crippen LogP contribution in [0.3, 0.4) is 0 Å². The third kappa shape index (κ3) is 45.7. The zero-order chi connectivity index (χ0) is 42.0. The second-order valence-electron chi connectivity index (χ2n) is 17.1.